The average molecular weight is 300 g/mol. The van der Waals surface area contributed by atoms with E-state index in [2.05, 4.69) is 4.98 Å². The largest absolute Gasteiger partial charge is 0.487 e. The van der Waals surface area contributed by atoms with Crippen LogP contribution in [0.3, 0.4) is 0 Å². The summed E-state index contributed by atoms with van der Waals surface area (Å²) in [5, 5.41) is 11.9. The van der Waals surface area contributed by atoms with Gasteiger partial charge < -0.3 is 4.74 Å². The predicted octanol–water partition coefficient (Wildman–Crippen LogP) is 4.27. The molecule has 0 unspecified atom stereocenters. The maximum Gasteiger partial charge on any atom is 0.311 e. The Morgan fingerprint density at radius 3 is 2.81 bits per heavy atom. The third-order valence-corrected chi connectivity index (χ3v) is 4.08. The maximum absolute atomic E-state index is 11.2. The van der Waals surface area contributed by atoms with Gasteiger partial charge in [-0.25, -0.2) is 4.98 Å². The molecular formula is C15H12N2O3S. The molecule has 106 valence electrons. The molecule has 2 aromatic carbocycles. The van der Waals surface area contributed by atoms with Crippen molar-refractivity contribution in [3.63, 3.8) is 0 Å². The first-order valence-corrected chi connectivity index (χ1v) is 7.28. The molecule has 0 radical (unpaired) electrons. The molecule has 0 saturated heterocycles. The van der Waals surface area contributed by atoms with Crippen molar-refractivity contribution >= 4 is 27.2 Å². The van der Waals surface area contributed by atoms with Gasteiger partial charge in [0, 0.05) is 11.6 Å². The first-order valence-electron chi connectivity index (χ1n) is 6.46. The highest BCUT2D eigenvalue weighted by atomic mass is 32.1. The van der Waals surface area contributed by atoms with Gasteiger partial charge in [-0.15, -0.1) is 11.3 Å². The highest BCUT2D eigenvalue weighted by Crippen LogP contribution is 2.35. The molecule has 0 fully saturated rings. The summed E-state index contributed by atoms with van der Waals surface area (Å²) in [6.07, 6.45) is 0. The van der Waals surface area contributed by atoms with E-state index in [4.69, 9.17) is 4.74 Å². The van der Waals surface area contributed by atoms with Crippen LogP contribution in [0.5, 0.6) is 5.75 Å². The summed E-state index contributed by atoms with van der Waals surface area (Å²) in [5.74, 6) is 0.285. The molecule has 5 nitrogen and oxygen atoms in total. The third kappa shape index (κ3) is 2.57. The van der Waals surface area contributed by atoms with E-state index in [1.165, 1.54) is 17.4 Å². The minimum atomic E-state index is -0.429. The van der Waals surface area contributed by atoms with Crippen molar-refractivity contribution in [2.24, 2.45) is 0 Å². The van der Waals surface area contributed by atoms with Crippen LogP contribution in [0.15, 0.2) is 42.5 Å². The average Bonchev–Trinajstić information content (AvgIpc) is 2.91. The first-order chi connectivity index (χ1) is 10.2. The smallest absolute Gasteiger partial charge is 0.311 e. The number of aromatic nitrogens is 1. The van der Waals surface area contributed by atoms with Gasteiger partial charge in [-0.1, -0.05) is 12.1 Å². The lowest BCUT2D eigenvalue weighted by molar-refractivity contribution is -0.385. The van der Waals surface area contributed by atoms with Crippen LogP contribution in [-0.2, 0) is 0 Å². The van der Waals surface area contributed by atoms with Crippen molar-refractivity contribution in [3.8, 4) is 16.3 Å². The van der Waals surface area contributed by atoms with Crippen LogP contribution in [0.25, 0.3) is 20.8 Å². The molecule has 1 aromatic heterocycles. The third-order valence-electron chi connectivity index (χ3n) is 3.00. The van der Waals surface area contributed by atoms with Gasteiger partial charge in [0.05, 0.1) is 21.7 Å². The van der Waals surface area contributed by atoms with Crippen molar-refractivity contribution in [3.05, 3.63) is 52.6 Å². The van der Waals surface area contributed by atoms with E-state index in [-0.39, 0.29) is 11.4 Å². The van der Waals surface area contributed by atoms with Crippen LogP contribution in [0.1, 0.15) is 6.92 Å². The van der Waals surface area contributed by atoms with E-state index < -0.39 is 4.92 Å². The number of para-hydroxylation sites is 1. The summed E-state index contributed by atoms with van der Waals surface area (Å²) in [5.41, 5.74) is 1.59. The summed E-state index contributed by atoms with van der Waals surface area (Å²) in [7, 11) is 0. The van der Waals surface area contributed by atoms with Gasteiger partial charge in [-0.2, -0.15) is 0 Å². The molecule has 3 rings (SSSR count). The molecule has 0 atom stereocenters. The van der Waals surface area contributed by atoms with Gasteiger partial charge in [-0.3, -0.25) is 10.1 Å². The number of hydrogen-bond donors (Lipinski definition) is 0. The van der Waals surface area contributed by atoms with E-state index in [0.29, 0.717) is 6.61 Å². The van der Waals surface area contributed by atoms with Gasteiger partial charge in [0.25, 0.3) is 0 Å². The molecule has 3 aromatic rings. The molecule has 21 heavy (non-hydrogen) atoms. The molecule has 0 aliphatic heterocycles. The second-order valence-electron chi connectivity index (χ2n) is 4.36. The van der Waals surface area contributed by atoms with Crippen LogP contribution >= 0.6 is 11.3 Å². The predicted molar refractivity (Wildman–Crippen MR) is 82.9 cm³/mol. The van der Waals surface area contributed by atoms with Crippen molar-refractivity contribution in [1.82, 2.24) is 4.98 Å². The van der Waals surface area contributed by atoms with Crippen molar-refractivity contribution in [1.29, 1.82) is 0 Å². The van der Waals surface area contributed by atoms with E-state index in [9.17, 15) is 10.1 Å². The van der Waals surface area contributed by atoms with Gasteiger partial charge in [0.2, 0.25) is 0 Å². The number of nitro benzene ring substituents is 1. The minimum Gasteiger partial charge on any atom is -0.487 e. The second-order valence-corrected chi connectivity index (χ2v) is 5.39. The Kier molecular flexibility index (Phi) is 3.53. The Labute approximate surface area is 125 Å². The number of fused-ring (bicyclic) bond motifs is 1. The van der Waals surface area contributed by atoms with E-state index in [0.717, 1.165) is 20.8 Å². The number of nitrogens with zero attached hydrogens (tertiary/aromatic N) is 2. The lowest BCUT2D eigenvalue weighted by Crippen LogP contribution is -1.97. The number of nitro groups is 1. The number of thiazole rings is 1. The van der Waals surface area contributed by atoms with Gasteiger partial charge in [0.15, 0.2) is 5.75 Å². The highest BCUT2D eigenvalue weighted by Gasteiger charge is 2.17. The molecular weight excluding hydrogens is 288 g/mol. The molecule has 0 bridgehead atoms. The zero-order chi connectivity index (χ0) is 14.8. The number of hydrogen-bond acceptors (Lipinski definition) is 5. The zero-order valence-electron chi connectivity index (χ0n) is 11.3. The van der Waals surface area contributed by atoms with E-state index in [1.807, 2.05) is 24.3 Å². The van der Waals surface area contributed by atoms with Crippen LogP contribution in [0.4, 0.5) is 5.69 Å². The minimum absolute atomic E-state index is 0.0337. The summed E-state index contributed by atoms with van der Waals surface area (Å²) in [6.45, 7) is 2.19. The standard InChI is InChI=1S/C15H12N2O3S/c1-2-20-13-8-7-10(9-12(13)17(18)19)15-16-11-5-3-4-6-14(11)21-15/h3-9H,2H2,1H3. The van der Waals surface area contributed by atoms with Crippen LogP contribution in [0.2, 0.25) is 0 Å². The molecule has 0 saturated carbocycles. The van der Waals surface area contributed by atoms with E-state index >= 15 is 0 Å². The first kappa shape index (κ1) is 13.5. The lowest BCUT2D eigenvalue weighted by atomic mass is 10.2. The van der Waals surface area contributed by atoms with E-state index in [1.54, 1.807) is 19.1 Å². The van der Waals surface area contributed by atoms with Crippen LogP contribution in [-0.4, -0.2) is 16.5 Å². The fourth-order valence-corrected chi connectivity index (χ4v) is 3.03. The Hall–Kier alpha value is -2.47. The summed E-state index contributed by atoms with van der Waals surface area (Å²) in [6, 6.07) is 12.7. The highest BCUT2D eigenvalue weighted by molar-refractivity contribution is 7.21. The fraction of sp³-hybridized carbons (Fsp3) is 0.133. The van der Waals surface area contributed by atoms with Crippen molar-refractivity contribution < 1.29 is 9.66 Å². The summed E-state index contributed by atoms with van der Waals surface area (Å²) >= 11 is 1.52. The molecule has 6 heteroatoms. The second kappa shape index (κ2) is 5.49. The van der Waals surface area contributed by atoms with Crippen molar-refractivity contribution in [2.75, 3.05) is 6.61 Å². The quantitative estimate of drug-likeness (QED) is 0.533. The van der Waals surface area contributed by atoms with Gasteiger partial charge in [-0.05, 0) is 31.2 Å². The molecule has 0 aliphatic carbocycles. The monoisotopic (exact) mass is 300 g/mol. The molecule has 0 spiro atoms. The molecule has 0 amide bonds. The van der Waals surface area contributed by atoms with Gasteiger partial charge >= 0.3 is 5.69 Å². The van der Waals surface area contributed by atoms with Crippen molar-refractivity contribution in [2.45, 2.75) is 6.92 Å². The topological polar surface area (TPSA) is 65.3 Å². The Balaban J connectivity index is 2.09. The summed E-state index contributed by atoms with van der Waals surface area (Å²) < 4.78 is 6.35. The molecule has 0 N–H and O–H groups in total. The molecule has 0 aliphatic rings. The fourth-order valence-electron chi connectivity index (χ4n) is 2.07. The zero-order valence-corrected chi connectivity index (χ0v) is 12.1. The Morgan fingerprint density at radius 2 is 2.10 bits per heavy atom. The van der Waals surface area contributed by atoms with Crippen LogP contribution < -0.4 is 4.74 Å². The summed E-state index contributed by atoms with van der Waals surface area (Å²) in [4.78, 5) is 15.2. The molecule has 1 heterocycles. The van der Waals surface area contributed by atoms with Gasteiger partial charge in [0.1, 0.15) is 5.01 Å². The SMILES string of the molecule is CCOc1ccc(-c2nc3ccccc3s2)cc1[N+](=O)[O-]. The van der Waals surface area contributed by atoms with Crippen LogP contribution in [0, 0.1) is 10.1 Å². The normalized spacial score (nSPS) is 10.7. The Morgan fingerprint density at radius 1 is 1.29 bits per heavy atom. The lowest BCUT2D eigenvalue weighted by Gasteiger charge is -2.05. The maximum atomic E-state index is 11.2. The number of rotatable bonds is 4. The Bertz CT molecular complexity index is 781. The number of benzene rings is 2. The number of ether oxygens (including phenoxy) is 1.